The van der Waals surface area contributed by atoms with Gasteiger partial charge in [-0.1, -0.05) is 86.6 Å². The number of aliphatic hydroxyl groups excluding tert-OH is 6. The molecule has 4 aromatic carbocycles. The Hall–Kier alpha value is -3.26. The van der Waals surface area contributed by atoms with Crippen LogP contribution in [-0.4, -0.2) is 92.7 Å². The largest absolute Gasteiger partial charge is 0.494 e. The highest BCUT2D eigenvalue weighted by atomic mass is 35.5. The van der Waals surface area contributed by atoms with Crippen LogP contribution in [0.4, 0.5) is 0 Å². The van der Waals surface area contributed by atoms with E-state index in [0.717, 1.165) is 33.8 Å². The summed E-state index contributed by atoms with van der Waals surface area (Å²) in [5.74, 6) is 1.64. The number of hydrogen-bond acceptors (Lipinski definition) is 10. The van der Waals surface area contributed by atoms with Gasteiger partial charge in [-0.3, -0.25) is 0 Å². The van der Waals surface area contributed by atoms with Crippen molar-refractivity contribution in [1.82, 2.24) is 0 Å². The first-order valence-corrected chi connectivity index (χ1v) is 19.0. The zero-order valence-electron chi connectivity index (χ0n) is 30.8. The fraction of sp³-hybridized carbons (Fsp3) is 0.455. The van der Waals surface area contributed by atoms with Gasteiger partial charge in [0.2, 0.25) is 0 Å². The predicted molar refractivity (Wildman–Crippen MR) is 220 cm³/mol. The van der Waals surface area contributed by atoms with E-state index in [1.165, 1.54) is 0 Å². The lowest BCUT2D eigenvalue weighted by molar-refractivity contribution is -0.219. The van der Waals surface area contributed by atoms with Crippen molar-refractivity contribution in [2.75, 3.05) is 13.2 Å². The van der Waals surface area contributed by atoms with Gasteiger partial charge in [0.1, 0.15) is 60.3 Å². The lowest BCUT2D eigenvalue weighted by Gasteiger charge is -2.39. The minimum atomic E-state index is -1.26. The lowest BCUT2D eigenvalue weighted by Crippen LogP contribution is -2.53. The highest BCUT2D eigenvalue weighted by Gasteiger charge is 2.43. The summed E-state index contributed by atoms with van der Waals surface area (Å²) in [6.45, 7) is 8.47. The van der Waals surface area contributed by atoms with Crippen molar-refractivity contribution in [3.63, 3.8) is 0 Å². The van der Waals surface area contributed by atoms with Gasteiger partial charge in [0, 0.05) is 10.0 Å². The van der Waals surface area contributed by atoms with Crippen LogP contribution < -0.4 is 9.47 Å². The van der Waals surface area contributed by atoms with E-state index in [4.69, 9.17) is 42.1 Å². The van der Waals surface area contributed by atoms with Gasteiger partial charge in [0.15, 0.2) is 0 Å². The Morgan fingerprint density at radius 3 is 1.16 bits per heavy atom. The van der Waals surface area contributed by atoms with Crippen LogP contribution in [0.25, 0.3) is 0 Å². The first-order chi connectivity index (χ1) is 25.8. The molecule has 6 rings (SSSR count). The fourth-order valence-electron chi connectivity index (χ4n) is 6.65. The topological polar surface area (TPSA) is 158 Å². The Morgan fingerprint density at radius 2 is 0.839 bits per heavy atom. The number of hydrogen-bond donors (Lipinski definition) is 6. The fourth-order valence-corrected chi connectivity index (χ4v) is 7.02. The van der Waals surface area contributed by atoms with Crippen molar-refractivity contribution in [1.29, 1.82) is 0 Å². The van der Waals surface area contributed by atoms with Crippen LogP contribution in [0.15, 0.2) is 84.9 Å². The second-order valence-electron chi connectivity index (χ2n) is 13.7. The summed E-state index contributed by atoms with van der Waals surface area (Å²) in [5, 5.41) is 61.7. The maximum Gasteiger partial charge on any atom is 0.119 e. The molecular formula is C44H58Cl2O10. The van der Waals surface area contributed by atoms with E-state index in [9.17, 15) is 30.6 Å². The quantitative estimate of drug-likeness (QED) is 0.0984. The van der Waals surface area contributed by atoms with Gasteiger partial charge in [0.25, 0.3) is 0 Å². The van der Waals surface area contributed by atoms with Crippen LogP contribution in [0, 0.1) is 0 Å². The molecule has 56 heavy (non-hydrogen) atoms. The molecule has 2 heterocycles. The Labute approximate surface area is 341 Å². The van der Waals surface area contributed by atoms with Crippen molar-refractivity contribution in [3.05, 3.63) is 128 Å². The van der Waals surface area contributed by atoms with E-state index in [0.29, 0.717) is 47.2 Å². The number of aliphatic hydroxyl groups is 6. The number of benzene rings is 4. The van der Waals surface area contributed by atoms with E-state index in [-0.39, 0.29) is 14.9 Å². The monoisotopic (exact) mass is 816 g/mol. The predicted octanol–water partition coefficient (Wildman–Crippen LogP) is 7.02. The van der Waals surface area contributed by atoms with E-state index in [1.54, 1.807) is 38.1 Å². The average molecular weight is 818 g/mol. The van der Waals surface area contributed by atoms with Gasteiger partial charge in [-0.15, -0.1) is 0 Å². The van der Waals surface area contributed by atoms with Crippen LogP contribution in [0.2, 0.25) is 10.0 Å². The van der Waals surface area contributed by atoms with Crippen LogP contribution in [0.3, 0.4) is 0 Å². The number of halogens is 2. The Bertz CT molecular complexity index is 1660. The molecule has 10 atom stereocenters. The Balaban J connectivity index is 0.000000290. The Kier molecular flexibility index (Phi) is 18.1. The van der Waals surface area contributed by atoms with E-state index < -0.39 is 61.0 Å². The molecule has 0 amide bonds. The smallest absolute Gasteiger partial charge is 0.119 e. The molecule has 4 aromatic rings. The van der Waals surface area contributed by atoms with Crippen LogP contribution in [0.1, 0.15) is 88.1 Å². The molecule has 6 N–H and O–H groups in total. The molecule has 0 aliphatic carbocycles. The summed E-state index contributed by atoms with van der Waals surface area (Å²) in [6, 6.07) is 26.5. The van der Waals surface area contributed by atoms with E-state index >= 15 is 0 Å². The second kappa shape index (κ2) is 21.5. The van der Waals surface area contributed by atoms with Crippen molar-refractivity contribution < 1.29 is 49.6 Å². The zero-order valence-corrected chi connectivity index (χ0v) is 32.3. The summed E-state index contributed by atoms with van der Waals surface area (Å²) < 4.78 is 22.4. The summed E-state index contributed by atoms with van der Waals surface area (Å²) in [6.07, 6.45) is -8.58. The van der Waals surface area contributed by atoms with Crippen LogP contribution in [-0.2, 0) is 22.3 Å². The Morgan fingerprint density at radius 1 is 0.500 bits per heavy atom. The molecule has 0 radical (unpaired) electrons. The normalized spacial score (nSPS) is 27.1. The molecule has 0 saturated carbocycles. The molecule has 2 saturated heterocycles. The standard InChI is InChI=1S/2C21H25ClO5.2CH4/c2*1-3-26-16-7-4-13(5-8-16)10-15-11-14(6-9-17(15)22)21-20(25)19(24)18(23)12(2)27-21;;/h2*4-9,11-12,18-21,23-25H,3,10H2,1-2H3;2*1H4. The highest BCUT2D eigenvalue weighted by molar-refractivity contribution is 6.31. The third kappa shape index (κ3) is 11.4. The van der Waals surface area contributed by atoms with Crippen molar-refractivity contribution in [3.8, 4) is 11.5 Å². The SMILES string of the molecule is C.C.CCOc1ccc(Cc2cc(C3OC(C)C(O)C(O)C3O)ccc2Cl)cc1.CCOc1ccc(Cc2cc(C3OC(C)C(O)C(O)C3O)ccc2Cl)cc1. The molecule has 0 bridgehead atoms. The molecular weight excluding hydrogens is 759 g/mol. The molecule has 0 spiro atoms. The van der Waals surface area contributed by atoms with E-state index in [2.05, 4.69) is 0 Å². The van der Waals surface area contributed by atoms with E-state index in [1.807, 2.05) is 74.5 Å². The minimum absolute atomic E-state index is 0. The maximum absolute atomic E-state index is 10.3. The molecule has 10 nitrogen and oxygen atoms in total. The maximum atomic E-state index is 10.3. The first kappa shape index (κ1) is 47.1. The van der Waals surface area contributed by atoms with Gasteiger partial charge >= 0.3 is 0 Å². The highest BCUT2D eigenvalue weighted by Crippen LogP contribution is 2.36. The van der Waals surface area contributed by atoms with Gasteiger partial charge in [-0.2, -0.15) is 0 Å². The van der Waals surface area contributed by atoms with Crippen molar-refractivity contribution in [2.24, 2.45) is 0 Å². The van der Waals surface area contributed by atoms with Gasteiger partial charge < -0.3 is 49.6 Å². The van der Waals surface area contributed by atoms with Crippen molar-refractivity contribution in [2.45, 2.75) is 116 Å². The van der Waals surface area contributed by atoms with Gasteiger partial charge in [-0.25, -0.2) is 0 Å². The third-order valence-corrected chi connectivity index (χ3v) is 10.5. The lowest BCUT2D eigenvalue weighted by atomic mass is 9.90. The molecule has 2 fully saturated rings. The summed E-state index contributed by atoms with van der Waals surface area (Å²) in [4.78, 5) is 0. The summed E-state index contributed by atoms with van der Waals surface area (Å²) >= 11 is 12.7. The average Bonchev–Trinajstić information content (AvgIpc) is 3.17. The minimum Gasteiger partial charge on any atom is -0.494 e. The molecule has 2 aliphatic heterocycles. The molecule has 0 aromatic heterocycles. The molecule has 10 unspecified atom stereocenters. The first-order valence-electron chi connectivity index (χ1n) is 18.2. The molecule has 308 valence electrons. The van der Waals surface area contributed by atoms with Gasteiger partial charge in [-0.05, 0) is 110 Å². The molecule has 2 aliphatic rings. The number of ether oxygens (including phenoxy) is 4. The third-order valence-electron chi connectivity index (χ3n) is 9.76. The summed E-state index contributed by atoms with van der Waals surface area (Å²) in [5.41, 5.74) is 5.36. The van der Waals surface area contributed by atoms with Crippen LogP contribution in [0.5, 0.6) is 11.5 Å². The second-order valence-corrected chi connectivity index (χ2v) is 14.5. The van der Waals surface area contributed by atoms with Gasteiger partial charge in [0.05, 0.1) is 25.4 Å². The number of rotatable bonds is 10. The van der Waals surface area contributed by atoms with Crippen molar-refractivity contribution >= 4 is 23.2 Å². The van der Waals surface area contributed by atoms with Crippen LogP contribution >= 0.6 is 23.2 Å². The zero-order chi connectivity index (χ0) is 39.1. The summed E-state index contributed by atoms with van der Waals surface area (Å²) in [7, 11) is 0. The molecule has 12 heteroatoms.